The number of nitrogens with one attached hydrogen (secondary N) is 1. The van der Waals surface area contributed by atoms with Gasteiger partial charge in [0, 0.05) is 15.6 Å². The predicted octanol–water partition coefficient (Wildman–Crippen LogP) is 5.43. The Morgan fingerprint density at radius 3 is 2.61 bits per heavy atom. The molecule has 0 saturated heterocycles. The third-order valence-corrected chi connectivity index (χ3v) is 5.74. The molecule has 0 atom stereocenters. The number of amidine groups is 2. The summed E-state index contributed by atoms with van der Waals surface area (Å²) in [7, 11) is 1.64. The molecule has 164 valence electrons. The number of nitrogens with zero attached hydrogens (tertiary/aromatic N) is 5. The van der Waals surface area contributed by atoms with Gasteiger partial charge in [0.05, 0.1) is 30.9 Å². The van der Waals surface area contributed by atoms with Crippen LogP contribution in [-0.4, -0.2) is 30.0 Å². The fourth-order valence-corrected chi connectivity index (χ4v) is 4.12. The zero-order valence-electron chi connectivity index (χ0n) is 18.1. The normalized spacial score (nSPS) is 14.8. The van der Waals surface area contributed by atoms with Gasteiger partial charge in [-0.05, 0) is 49.4 Å². The molecule has 0 saturated carbocycles. The largest absolute Gasteiger partial charge is 0.496 e. The van der Waals surface area contributed by atoms with Gasteiger partial charge in [0.25, 0.3) is 0 Å². The van der Waals surface area contributed by atoms with Crippen molar-refractivity contribution in [2.24, 2.45) is 15.1 Å². The Morgan fingerprint density at radius 2 is 1.79 bits per heavy atom. The monoisotopic (exact) mass is 500 g/mol. The summed E-state index contributed by atoms with van der Waals surface area (Å²) >= 11 is 3.57. The Bertz CT molecular complexity index is 1320. The molecular formula is C25H21BrN6O. The average Bonchev–Trinajstić information content (AvgIpc) is 2.85. The lowest BCUT2D eigenvalue weighted by atomic mass is 10.1. The second kappa shape index (κ2) is 8.91. The number of hydrogen-bond acceptors (Lipinski definition) is 7. The van der Waals surface area contributed by atoms with Gasteiger partial charge in [0.2, 0.25) is 0 Å². The van der Waals surface area contributed by atoms with Crippen LogP contribution in [0, 0.1) is 0 Å². The highest BCUT2D eigenvalue weighted by Gasteiger charge is 2.34. The van der Waals surface area contributed by atoms with E-state index in [2.05, 4.69) is 26.5 Å². The number of ether oxygens (including phenoxy) is 1. The summed E-state index contributed by atoms with van der Waals surface area (Å²) in [5.74, 6) is 3.03. The number of fused-ring (bicyclic) bond motifs is 3. The van der Waals surface area contributed by atoms with Crippen LogP contribution in [0.2, 0.25) is 0 Å². The van der Waals surface area contributed by atoms with Crippen molar-refractivity contribution in [1.82, 2.24) is 10.4 Å². The van der Waals surface area contributed by atoms with Crippen molar-refractivity contribution in [2.45, 2.75) is 6.92 Å². The molecule has 7 nitrogen and oxygen atoms in total. The maximum atomic E-state index is 5.41. The number of hydrazine groups is 1. The number of methoxy groups -OCH3 is 1. The van der Waals surface area contributed by atoms with Crippen molar-refractivity contribution in [3.8, 4) is 5.75 Å². The Balaban J connectivity index is 1.55. The molecule has 2 aliphatic rings. The molecule has 33 heavy (non-hydrogen) atoms. The van der Waals surface area contributed by atoms with Crippen molar-refractivity contribution in [1.29, 1.82) is 0 Å². The molecule has 3 aromatic carbocycles. The van der Waals surface area contributed by atoms with Crippen LogP contribution >= 0.6 is 15.9 Å². The first-order chi connectivity index (χ1) is 16.2. The fourth-order valence-electron chi connectivity index (χ4n) is 3.76. The average molecular weight is 501 g/mol. The maximum Gasteiger partial charge on any atom is 0.165 e. The van der Waals surface area contributed by atoms with E-state index in [1.165, 1.54) is 0 Å². The van der Waals surface area contributed by atoms with E-state index in [1.807, 2.05) is 89.7 Å². The molecule has 5 rings (SSSR count). The first-order valence-electron chi connectivity index (χ1n) is 10.4. The van der Waals surface area contributed by atoms with E-state index >= 15 is 0 Å². The van der Waals surface area contributed by atoms with E-state index in [4.69, 9.17) is 14.7 Å². The molecule has 0 unspecified atom stereocenters. The van der Waals surface area contributed by atoms with Crippen LogP contribution in [0.5, 0.6) is 5.75 Å². The van der Waals surface area contributed by atoms with Gasteiger partial charge in [-0.15, -0.1) is 0 Å². The lowest BCUT2D eigenvalue weighted by Gasteiger charge is -2.42. The summed E-state index contributed by atoms with van der Waals surface area (Å²) < 4.78 is 6.38. The van der Waals surface area contributed by atoms with Gasteiger partial charge in [-0.2, -0.15) is 5.10 Å². The molecule has 0 fully saturated rings. The summed E-state index contributed by atoms with van der Waals surface area (Å²) in [6.07, 6.45) is 3.51. The minimum atomic E-state index is 0.684. The molecule has 0 aliphatic carbocycles. The Hall–Kier alpha value is -3.91. The number of benzene rings is 3. The maximum absolute atomic E-state index is 5.41. The zero-order chi connectivity index (χ0) is 22.8. The molecule has 2 heterocycles. The molecule has 2 aliphatic heterocycles. The van der Waals surface area contributed by atoms with Crippen molar-refractivity contribution in [3.63, 3.8) is 0 Å². The minimum absolute atomic E-state index is 0.684. The van der Waals surface area contributed by atoms with E-state index in [-0.39, 0.29) is 0 Å². The van der Waals surface area contributed by atoms with Gasteiger partial charge < -0.3 is 4.74 Å². The van der Waals surface area contributed by atoms with E-state index in [0.717, 1.165) is 44.4 Å². The van der Waals surface area contributed by atoms with Gasteiger partial charge >= 0.3 is 0 Å². The highest BCUT2D eigenvalue weighted by Crippen LogP contribution is 2.34. The van der Waals surface area contributed by atoms with Gasteiger partial charge in [-0.3, -0.25) is 5.43 Å². The standard InChI is InChI=1S/C25H21BrN6O/c1-17-29-22-13-12-19(26)14-21(22)25-27-16-24(32(31(17)25)20-9-4-3-5-10-20)30-28-15-18-8-6-7-11-23(18)33-2/h3-16,30H,1-2H3/b28-15+. The zero-order valence-corrected chi connectivity index (χ0v) is 19.7. The topological polar surface area (TPSA) is 64.8 Å². The predicted molar refractivity (Wildman–Crippen MR) is 136 cm³/mol. The van der Waals surface area contributed by atoms with E-state index in [9.17, 15) is 0 Å². The minimum Gasteiger partial charge on any atom is -0.496 e. The summed E-state index contributed by atoms with van der Waals surface area (Å²) in [5.41, 5.74) is 6.80. The van der Waals surface area contributed by atoms with Gasteiger partial charge in [-0.1, -0.05) is 46.3 Å². The third-order valence-electron chi connectivity index (χ3n) is 5.25. The first-order valence-corrected chi connectivity index (χ1v) is 11.2. The Kier molecular flexibility index (Phi) is 5.66. The number of halogens is 1. The molecule has 8 heteroatoms. The fraction of sp³-hybridized carbons (Fsp3) is 0.0800. The van der Waals surface area contributed by atoms with Crippen LogP contribution in [0.25, 0.3) is 0 Å². The smallest absolute Gasteiger partial charge is 0.165 e. The second-order valence-electron chi connectivity index (χ2n) is 7.36. The van der Waals surface area contributed by atoms with Gasteiger partial charge in [0.15, 0.2) is 11.7 Å². The number of hydrazone groups is 1. The number of para-hydroxylation sites is 2. The molecule has 0 radical (unpaired) electrons. The highest BCUT2D eigenvalue weighted by molar-refractivity contribution is 9.10. The molecule has 0 spiro atoms. The molecule has 0 aromatic heterocycles. The second-order valence-corrected chi connectivity index (χ2v) is 8.27. The van der Waals surface area contributed by atoms with Crippen LogP contribution in [0.1, 0.15) is 18.1 Å². The van der Waals surface area contributed by atoms with Crippen LogP contribution in [-0.2, 0) is 0 Å². The molecule has 0 amide bonds. The Morgan fingerprint density at radius 1 is 1.00 bits per heavy atom. The van der Waals surface area contributed by atoms with E-state index in [1.54, 1.807) is 19.5 Å². The van der Waals surface area contributed by atoms with Crippen LogP contribution in [0.4, 0.5) is 11.4 Å². The lowest BCUT2D eigenvalue weighted by molar-refractivity contribution is 0.414. The highest BCUT2D eigenvalue weighted by atomic mass is 79.9. The number of anilines is 1. The van der Waals surface area contributed by atoms with Crippen LogP contribution < -0.4 is 15.2 Å². The lowest BCUT2D eigenvalue weighted by Crippen LogP contribution is -2.54. The quantitative estimate of drug-likeness (QED) is 0.374. The van der Waals surface area contributed by atoms with Crippen LogP contribution in [0.3, 0.4) is 0 Å². The SMILES string of the molecule is COc1ccccc1/C=N/NC1=CN=C2c3cc(Br)ccc3N=C(C)N2N1c1ccccc1. The number of aliphatic imine (C=N–C) groups is 2. The van der Waals surface area contributed by atoms with E-state index in [0.29, 0.717) is 5.82 Å². The van der Waals surface area contributed by atoms with Crippen molar-refractivity contribution >= 4 is 45.2 Å². The van der Waals surface area contributed by atoms with Gasteiger partial charge in [-0.25, -0.2) is 20.0 Å². The third kappa shape index (κ3) is 4.01. The van der Waals surface area contributed by atoms with Crippen molar-refractivity contribution in [3.05, 3.63) is 100 Å². The molecular weight excluding hydrogens is 480 g/mol. The van der Waals surface area contributed by atoms with Crippen molar-refractivity contribution in [2.75, 3.05) is 12.1 Å². The molecule has 0 bridgehead atoms. The first kappa shape index (κ1) is 21.0. The number of hydrogen-bond donors (Lipinski definition) is 1. The molecule has 1 N–H and O–H groups in total. The van der Waals surface area contributed by atoms with Gasteiger partial charge in [0.1, 0.15) is 11.6 Å². The van der Waals surface area contributed by atoms with Crippen LogP contribution in [0.15, 0.2) is 104 Å². The van der Waals surface area contributed by atoms with Crippen molar-refractivity contribution < 1.29 is 4.74 Å². The number of rotatable bonds is 5. The molecule has 3 aromatic rings. The summed E-state index contributed by atoms with van der Waals surface area (Å²) in [5, 5.41) is 8.47. The summed E-state index contributed by atoms with van der Waals surface area (Å²) in [4.78, 5) is 9.60. The summed E-state index contributed by atoms with van der Waals surface area (Å²) in [6.45, 7) is 1.97. The van der Waals surface area contributed by atoms with E-state index < -0.39 is 0 Å². The summed E-state index contributed by atoms with van der Waals surface area (Å²) in [6, 6.07) is 23.8. The Labute approximate surface area is 200 Å².